The average molecular weight is 1290 g/mol. The molecule has 2 atom stereocenters. The fraction of sp³-hybridized carbons (Fsp3) is 0.610. The van der Waals surface area contributed by atoms with E-state index in [1.54, 1.807) is 0 Å². The number of allylic oxidation sites excluding steroid dienone is 30. The highest BCUT2D eigenvalue weighted by Crippen LogP contribution is 2.38. The number of phosphoric acid groups is 1. The first-order chi connectivity index (χ1) is 45.0. The Hall–Kier alpha value is -4.89. The first kappa shape index (κ1) is 87.1. The molecule has 0 aliphatic rings. The number of unbranched alkanes of at least 4 members (excludes halogenated alkanes) is 21. The number of carbonyl (C=O) groups is 2. The minimum Gasteiger partial charge on any atom is -0.756 e. The monoisotopic (exact) mass is 1290 g/mol. The molecular weight excluding hydrogens is 1160 g/mol. The van der Waals surface area contributed by atoms with Crippen LogP contribution in [0.3, 0.4) is 0 Å². The van der Waals surface area contributed by atoms with E-state index in [9.17, 15) is 19.0 Å². The van der Waals surface area contributed by atoms with Gasteiger partial charge in [0.05, 0.1) is 27.7 Å². The van der Waals surface area contributed by atoms with Gasteiger partial charge in [-0.3, -0.25) is 14.2 Å². The van der Waals surface area contributed by atoms with Gasteiger partial charge in [-0.1, -0.05) is 305 Å². The number of rotatable bonds is 65. The van der Waals surface area contributed by atoms with Gasteiger partial charge >= 0.3 is 11.9 Å². The molecule has 0 aliphatic heterocycles. The number of hydrogen-bond acceptors (Lipinski definition) is 8. The number of ether oxygens (including phenoxy) is 2. The molecule has 0 spiro atoms. The molecule has 0 bridgehead atoms. The second-order valence-corrected chi connectivity index (χ2v) is 26.2. The molecule has 0 rings (SSSR count). The molecule has 9 nitrogen and oxygen atoms in total. The Morgan fingerprint density at radius 1 is 0.337 bits per heavy atom. The third kappa shape index (κ3) is 74.2. The molecule has 0 aromatic heterocycles. The van der Waals surface area contributed by atoms with Gasteiger partial charge in [0.15, 0.2) is 6.10 Å². The second-order valence-electron chi connectivity index (χ2n) is 24.8. The van der Waals surface area contributed by atoms with Crippen molar-refractivity contribution in [3.05, 3.63) is 182 Å². The summed E-state index contributed by atoms with van der Waals surface area (Å²) in [5.74, 6) is -0.862. The topological polar surface area (TPSA) is 111 Å². The molecule has 0 aliphatic carbocycles. The summed E-state index contributed by atoms with van der Waals surface area (Å²) < 4.78 is 34.3. The van der Waals surface area contributed by atoms with Gasteiger partial charge in [0.2, 0.25) is 0 Å². The Bertz CT molecular complexity index is 2210. The SMILES string of the molecule is CC/C=C\C/C=C\C/C=C\C/C=C\C/C=C\C/C=C\C/C=C\C/C=C\CCCCCCCCCCCCCCCCCCC(=O)OC(COC(=O)CCCCCCC/C=C\C/C=C\C/C=C\C/C=C\C/C=C\C/C=C\C/C=C\CC)COP(=O)([O-])OCC[N+](C)(C)C. The van der Waals surface area contributed by atoms with Crippen LogP contribution >= 0.6 is 7.82 Å². The minimum atomic E-state index is -4.66. The summed E-state index contributed by atoms with van der Waals surface area (Å²) in [6, 6.07) is 0. The van der Waals surface area contributed by atoms with E-state index in [1.807, 2.05) is 21.1 Å². The molecule has 0 saturated carbocycles. The van der Waals surface area contributed by atoms with Crippen LogP contribution in [0.25, 0.3) is 0 Å². The molecule has 0 radical (unpaired) electrons. The highest BCUT2D eigenvalue weighted by atomic mass is 31.2. The van der Waals surface area contributed by atoms with Crippen LogP contribution < -0.4 is 4.89 Å². The van der Waals surface area contributed by atoms with E-state index < -0.39 is 32.5 Å². The summed E-state index contributed by atoms with van der Waals surface area (Å²) in [6.07, 6.45) is 108. The van der Waals surface area contributed by atoms with E-state index in [-0.39, 0.29) is 26.1 Å². The Morgan fingerprint density at radius 3 is 0.870 bits per heavy atom. The standard InChI is InChI=1S/C82H134NO8P/c1-6-8-10-12-14-16-18-20-22-24-26-28-30-32-34-35-36-37-38-39-40-41-42-43-44-45-46-47-49-51-53-55-57-59-61-63-65-67-69-71-73-75-82(85)91-80(79-90-92(86,87)89-77-76-83(3,4)5)78-88-81(84)74-72-70-68-66-64-62-60-58-56-54-52-50-48-33-31-29-27-25-23-21-19-17-15-13-11-9-7-2/h8-11,14-17,20-23,26-29,32-34,36-37,39-40,42-43,48,52,54,58,60,80H,6-7,12-13,18-19,24-25,30-31,35,38,41,44-47,49-51,53,55-57,59,61-79H2,1-5H3/b10-8-,11-9-,16-14-,17-15-,22-20-,23-21-,28-26-,29-27-,34-32-,37-36-,40-39-,43-42-,48-33-,54-52-,60-58-. The van der Waals surface area contributed by atoms with Crippen LogP contribution in [0.5, 0.6) is 0 Å². The van der Waals surface area contributed by atoms with Crippen molar-refractivity contribution in [2.24, 2.45) is 0 Å². The van der Waals surface area contributed by atoms with Gasteiger partial charge in [0.25, 0.3) is 7.82 Å². The lowest BCUT2D eigenvalue weighted by molar-refractivity contribution is -0.870. The Kier molecular flexibility index (Phi) is 66.7. The summed E-state index contributed by atoms with van der Waals surface area (Å²) >= 11 is 0. The molecular formula is C82H134NO8P. The summed E-state index contributed by atoms with van der Waals surface area (Å²) in [7, 11) is 1.14. The fourth-order valence-electron chi connectivity index (χ4n) is 9.42. The third-order valence-corrected chi connectivity index (χ3v) is 15.9. The predicted octanol–water partition coefficient (Wildman–Crippen LogP) is 23.6. The molecule has 0 aromatic rings. The van der Waals surface area contributed by atoms with Crippen molar-refractivity contribution in [3.63, 3.8) is 0 Å². The summed E-state index contributed by atoms with van der Waals surface area (Å²) in [6.45, 7) is 3.98. The molecule has 0 aromatic carbocycles. The highest BCUT2D eigenvalue weighted by Gasteiger charge is 2.22. The molecule has 520 valence electrons. The van der Waals surface area contributed by atoms with E-state index in [0.717, 1.165) is 148 Å². The van der Waals surface area contributed by atoms with Gasteiger partial charge in [0.1, 0.15) is 19.8 Å². The molecule has 0 saturated heterocycles. The first-order valence-corrected chi connectivity index (χ1v) is 38.0. The minimum absolute atomic E-state index is 0.0426. The number of phosphoric ester groups is 1. The zero-order valence-corrected chi connectivity index (χ0v) is 60.1. The van der Waals surface area contributed by atoms with Crippen LogP contribution in [0.1, 0.15) is 271 Å². The maximum atomic E-state index is 12.9. The van der Waals surface area contributed by atoms with Gasteiger partial charge < -0.3 is 27.9 Å². The zero-order chi connectivity index (χ0) is 66.9. The normalized spacial score (nSPS) is 14.2. The van der Waals surface area contributed by atoms with Crippen LogP contribution in [0.15, 0.2) is 182 Å². The number of esters is 2. The quantitative estimate of drug-likeness (QED) is 0.0195. The Balaban J connectivity index is 4.08. The van der Waals surface area contributed by atoms with Crippen LogP contribution in [0, 0.1) is 0 Å². The Morgan fingerprint density at radius 2 is 0.587 bits per heavy atom. The van der Waals surface area contributed by atoms with Crippen molar-refractivity contribution in [2.45, 2.75) is 277 Å². The van der Waals surface area contributed by atoms with Crippen molar-refractivity contribution in [1.82, 2.24) is 0 Å². The number of likely N-dealkylation sites (N-methyl/N-ethyl adjacent to an activating group) is 1. The largest absolute Gasteiger partial charge is 0.756 e. The lowest BCUT2D eigenvalue weighted by atomic mass is 10.0. The van der Waals surface area contributed by atoms with Gasteiger partial charge in [-0.2, -0.15) is 0 Å². The van der Waals surface area contributed by atoms with E-state index >= 15 is 0 Å². The maximum absolute atomic E-state index is 12.9. The molecule has 92 heavy (non-hydrogen) atoms. The number of hydrogen-bond donors (Lipinski definition) is 0. The Labute approximate surface area is 565 Å². The van der Waals surface area contributed by atoms with E-state index in [4.69, 9.17) is 18.5 Å². The molecule has 0 N–H and O–H groups in total. The first-order valence-electron chi connectivity index (χ1n) is 36.5. The van der Waals surface area contributed by atoms with Crippen LogP contribution in [0.2, 0.25) is 0 Å². The van der Waals surface area contributed by atoms with Crippen molar-refractivity contribution in [3.8, 4) is 0 Å². The van der Waals surface area contributed by atoms with E-state index in [2.05, 4.69) is 196 Å². The van der Waals surface area contributed by atoms with Crippen molar-refractivity contribution in [2.75, 3.05) is 47.5 Å². The van der Waals surface area contributed by atoms with Crippen molar-refractivity contribution in [1.29, 1.82) is 0 Å². The number of quaternary nitrogens is 1. The second kappa shape index (κ2) is 70.4. The van der Waals surface area contributed by atoms with E-state index in [0.29, 0.717) is 23.9 Å². The third-order valence-electron chi connectivity index (χ3n) is 14.9. The van der Waals surface area contributed by atoms with Crippen molar-refractivity contribution >= 4 is 19.8 Å². The molecule has 2 unspecified atom stereocenters. The molecule has 0 fully saturated rings. The number of carbonyl (C=O) groups excluding carboxylic acids is 2. The summed E-state index contributed by atoms with van der Waals surface area (Å²) in [4.78, 5) is 38.1. The molecule has 0 amide bonds. The van der Waals surface area contributed by atoms with Gasteiger partial charge in [-0.05, 0) is 135 Å². The smallest absolute Gasteiger partial charge is 0.306 e. The van der Waals surface area contributed by atoms with Crippen molar-refractivity contribution < 1.29 is 42.1 Å². The van der Waals surface area contributed by atoms with Gasteiger partial charge in [-0.15, -0.1) is 0 Å². The van der Waals surface area contributed by atoms with Gasteiger partial charge in [0, 0.05) is 12.8 Å². The lowest BCUT2D eigenvalue weighted by Gasteiger charge is -2.28. The summed E-state index contributed by atoms with van der Waals surface area (Å²) in [5, 5.41) is 0. The average Bonchev–Trinajstić information content (AvgIpc) is 2.23. The molecule has 10 heteroatoms. The lowest BCUT2D eigenvalue weighted by Crippen LogP contribution is -2.37. The predicted molar refractivity (Wildman–Crippen MR) is 396 cm³/mol. The van der Waals surface area contributed by atoms with Crippen LogP contribution in [-0.2, 0) is 32.7 Å². The van der Waals surface area contributed by atoms with Crippen LogP contribution in [-0.4, -0.2) is 70.0 Å². The zero-order valence-electron chi connectivity index (χ0n) is 59.2. The molecule has 0 heterocycles. The fourth-order valence-corrected chi connectivity index (χ4v) is 10.1. The summed E-state index contributed by atoms with van der Waals surface area (Å²) in [5.41, 5.74) is 0. The highest BCUT2D eigenvalue weighted by molar-refractivity contribution is 7.45. The number of nitrogens with zero attached hydrogens (tertiary/aromatic N) is 1. The van der Waals surface area contributed by atoms with Crippen LogP contribution in [0.4, 0.5) is 0 Å². The maximum Gasteiger partial charge on any atom is 0.306 e. The van der Waals surface area contributed by atoms with Gasteiger partial charge in [-0.25, -0.2) is 0 Å². The van der Waals surface area contributed by atoms with E-state index in [1.165, 1.54) is 83.5 Å².